The van der Waals surface area contributed by atoms with Crippen molar-refractivity contribution in [3.05, 3.63) is 53.9 Å². The first-order valence-corrected chi connectivity index (χ1v) is 5.88. The Hall–Kier alpha value is -2.23. The molecule has 2 aromatic rings. The highest BCUT2D eigenvalue weighted by Gasteiger charge is 2.16. The standard InChI is InChI=1S/C14H16N2O2/c1-2-18-14(17)13-12(15)8-9-16(13)10-11-6-4-3-5-7-11/h3-9H,2,10,15H2,1H3. The second-order valence-electron chi connectivity index (χ2n) is 3.95. The minimum Gasteiger partial charge on any atom is -0.461 e. The number of anilines is 1. The number of nitrogen functional groups attached to an aromatic ring is 1. The van der Waals surface area contributed by atoms with E-state index in [0.29, 0.717) is 24.5 Å². The normalized spacial score (nSPS) is 10.3. The van der Waals surface area contributed by atoms with Crippen LogP contribution in [0.4, 0.5) is 5.69 Å². The van der Waals surface area contributed by atoms with Crippen LogP contribution in [-0.2, 0) is 11.3 Å². The van der Waals surface area contributed by atoms with E-state index in [2.05, 4.69) is 0 Å². The zero-order valence-corrected chi connectivity index (χ0v) is 10.3. The van der Waals surface area contributed by atoms with Crippen LogP contribution in [-0.4, -0.2) is 17.1 Å². The molecule has 0 aliphatic carbocycles. The maximum Gasteiger partial charge on any atom is 0.357 e. The van der Waals surface area contributed by atoms with Crippen LogP contribution in [0.2, 0.25) is 0 Å². The third kappa shape index (κ3) is 2.53. The van der Waals surface area contributed by atoms with E-state index in [-0.39, 0.29) is 5.97 Å². The molecule has 0 fully saturated rings. The first-order valence-electron chi connectivity index (χ1n) is 5.88. The number of hydrogen-bond donors (Lipinski definition) is 1. The molecule has 1 aromatic carbocycles. The predicted molar refractivity (Wildman–Crippen MR) is 70.3 cm³/mol. The quantitative estimate of drug-likeness (QED) is 0.839. The Morgan fingerprint density at radius 1 is 1.28 bits per heavy atom. The van der Waals surface area contributed by atoms with Crippen LogP contribution >= 0.6 is 0 Å². The van der Waals surface area contributed by atoms with Gasteiger partial charge in [-0.1, -0.05) is 30.3 Å². The van der Waals surface area contributed by atoms with E-state index in [1.807, 2.05) is 34.9 Å². The summed E-state index contributed by atoms with van der Waals surface area (Å²) in [6.07, 6.45) is 1.80. The highest BCUT2D eigenvalue weighted by molar-refractivity contribution is 5.93. The number of ether oxygens (including phenoxy) is 1. The molecule has 0 saturated carbocycles. The minimum absolute atomic E-state index is 0.342. The van der Waals surface area contributed by atoms with Crippen LogP contribution < -0.4 is 5.73 Å². The van der Waals surface area contributed by atoms with Crippen molar-refractivity contribution in [1.82, 2.24) is 4.57 Å². The first-order chi connectivity index (χ1) is 8.72. The molecule has 0 radical (unpaired) electrons. The van der Waals surface area contributed by atoms with Crippen LogP contribution in [0.1, 0.15) is 23.0 Å². The molecule has 0 saturated heterocycles. The summed E-state index contributed by atoms with van der Waals surface area (Å²) in [6.45, 7) is 2.72. The van der Waals surface area contributed by atoms with Crippen LogP contribution in [0.15, 0.2) is 42.6 Å². The largest absolute Gasteiger partial charge is 0.461 e. The molecule has 2 N–H and O–H groups in total. The molecule has 0 atom stereocenters. The van der Waals surface area contributed by atoms with E-state index >= 15 is 0 Å². The number of carbonyl (C=O) groups is 1. The first kappa shape index (κ1) is 12.2. The second kappa shape index (κ2) is 5.40. The van der Waals surface area contributed by atoms with Gasteiger partial charge in [-0.25, -0.2) is 4.79 Å². The number of carbonyl (C=O) groups excluding carboxylic acids is 1. The van der Waals surface area contributed by atoms with Crippen molar-refractivity contribution in [2.24, 2.45) is 0 Å². The van der Waals surface area contributed by atoms with E-state index in [9.17, 15) is 4.79 Å². The van der Waals surface area contributed by atoms with Crippen LogP contribution in [0.3, 0.4) is 0 Å². The molecule has 0 bridgehead atoms. The number of esters is 1. The number of rotatable bonds is 4. The molecule has 4 nitrogen and oxygen atoms in total. The average molecular weight is 244 g/mol. The van der Waals surface area contributed by atoms with Gasteiger partial charge in [0.05, 0.1) is 12.3 Å². The summed E-state index contributed by atoms with van der Waals surface area (Å²) in [5.41, 5.74) is 7.78. The van der Waals surface area contributed by atoms with Crippen molar-refractivity contribution in [2.45, 2.75) is 13.5 Å². The smallest absolute Gasteiger partial charge is 0.357 e. The van der Waals surface area contributed by atoms with Gasteiger partial charge in [-0.3, -0.25) is 0 Å². The highest BCUT2D eigenvalue weighted by Crippen LogP contribution is 2.16. The fraction of sp³-hybridized carbons (Fsp3) is 0.214. The Morgan fingerprint density at radius 3 is 2.67 bits per heavy atom. The molecule has 0 aliphatic heterocycles. The van der Waals surface area contributed by atoms with Gasteiger partial charge in [-0.15, -0.1) is 0 Å². The third-order valence-corrected chi connectivity index (χ3v) is 2.66. The lowest BCUT2D eigenvalue weighted by molar-refractivity contribution is 0.0516. The monoisotopic (exact) mass is 244 g/mol. The lowest BCUT2D eigenvalue weighted by Crippen LogP contribution is -2.14. The van der Waals surface area contributed by atoms with E-state index in [1.54, 1.807) is 19.2 Å². The lowest BCUT2D eigenvalue weighted by atomic mass is 10.2. The van der Waals surface area contributed by atoms with Crippen molar-refractivity contribution in [3.63, 3.8) is 0 Å². The van der Waals surface area contributed by atoms with E-state index in [1.165, 1.54) is 0 Å². The molecule has 0 aliphatic rings. The van der Waals surface area contributed by atoms with Gasteiger partial charge < -0.3 is 15.0 Å². The van der Waals surface area contributed by atoms with Crippen molar-refractivity contribution in [2.75, 3.05) is 12.3 Å². The SMILES string of the molecule is CCOC(=O)c1c(N)ccn1Cc1ccccc1. The number of nitrogens with two attached hydrogens (primary N) is 1. The zero-order chi connectivity index (χ0) is 13.0. The minimum atomic E-state index is -0.379. The predicted octanol–water partition coefficient (Wildman–Crippen LogP) is 2.30. The summed E-state index contributed by atoms with van der Waals surface area (Å²) in [6, 6.07) is 11.6. The molecule has 1 heterocycles. The highest BCUT2D eigenvalue weighted by atomic mass is 16.5. The van der Waals surface area contributed by atoms with Gasteiger partial charge in [-0.05, 0) is 18.6 Å². The van der Waals surface area contributed by atoms with Gasteiger partial charge in [0, 0.05) is 12.7 Å². The van der Waals surface area contributed by atoms with E-state index in [4.69, 9.17) is 10.5 Å². The Bertz CT molecular complexity index is 532. The van der Waals surface area contributed by atoms with Crippen molar-refractivity contribution < 1.29 is 9.53 Å². The fourth-order valence-electron chi connectivity index (χ4n) is 1.84. The summed E-state index contributed by atoms with van der Waals surface area (Å²) < 4.78 is 6.81. The van der Waals surface area contributed by atoms with Gasteiger partial charge in [0.25, 0.3) is 0 Å². The van der Waals surface area contributed by atoms with Crippen molar-refractivity contribution in [1.29, 1.82) is 0 Å². The summed E-state index contributed by atoms with van der Waals surface area (Å²) in [5.74, 6) is -0.379. The second-order valence-corrected chi connectivity index (χ2v) is 3.95. The molecule has 2 rings (SSSR count). The molecule has 0 spiro atoms. The summed E-state index contributed by atoms with van der Waals surface area (Å²) in [5, 5.41) is 0. The average Bonchev–Trinajstić information content (AvgIpc) is 2.72. The Labute approximate surface area is 106 Å². The molecule has 18 heavy (non-hydrogen) atoms. The topological polar surface area (TPSA) is 57.2 Å². The Morgan fingerprint density at radius 2 is 2.00 bits per heavy atom. The van der Waals surface area contributed by atoms with Gasteiger partial charge in [0.15, 0.2) is 5.69 Å². The molecular formula is C14H16N2O2. The van der Waals surface area contributed by atoms with Gasteiger partial charge in [0.2, 0.25) is 0 Å². The molecule has 0 unspecified atom stereocenters. The molecule has 94 valence electrons. The van der Waals surface area contributed by atoms with Gasteiger partial charge >= 0.3 is 5.97 Å². The number of nitrogens with zero attached hydrogens (tertiary/aromatic N) is 1. The van der Waals surface area contributed by atoms with Gasteiger partial charge in [0.1, 0.15) is 0 Å². The van der Waals surface area contributed by atoms with Gasteiger partial charge in [-0.2, -0.15) is 0 Å². The summed E-state index contributed by atoms with van der Waals surface area (Å²) in [4.78, 5) is 11.8. The fourth-order valence-corrected chi connectivity index (χ4v) is 1.84. The molecular weight excluding hydrogens is 228 g/mol. The molecule has 0 amide bonds. The third-order valence-electron chi connectivity index (χ3n) is 2.66. The van der Waals surface area contributed by atoms with E-state index < -0.39 is 0 Å². The lowest BCUT2D eigenvalue weighted by Gasteiger charge is -2.09. The Balaban J connectivity index is 2.26. The van der Waals surface area contributed by atoms with E-state index in [0.717, 1.165) is 5.56 Å². The number of benzene rings is 1. The maximum absolute atomic E-state index is 11.8. The maximum atomic E-state index is 11.8. The molecule has 4 heteroatoms. The summed E-state index contributed by atoms with van der Waals surface area (Å²) >= 11 is 0. The van der Waals surface area contributed by atoms with Crippen LogP contribution in [0.5, 0.6) is 0 Å². The zero-order valence-electron chi connectivity index (χ0n) is 10.3. The summed E-state index contributed by atoms with van der Waals surface area (Å²) in [7, 11) is 0. The Kier molecular flexibility index (Phi) is 3.67. The number of aromatic nitrogens is 1. The van der Waals surface area contributed by atoms with Crippen molar-refractivity contribution in [3.8, 4) is 0 Å². The van der Waals surface area contributed by atoms with Crippen LogP contribution in [0, 0.1) is 0 Å². The molecule has 1 aromatic heterocycles. The van der Waals surface area contributed by atoms with Crippen molar-refractivity contribution >= 4 is 11.7 Å². The number of hydrogen-bond acceptors (Lipinski definition) is 3. The van der Waals surface area contributed by atoms with Crippen LogP contribution in [0.25, 0.3) is 0 Å².